The SMILES string of the molecule is CCn1nc(-c2cccc(C(C)(C)NS(=O)(=O)CC(F)(F)F)c2)cc1Oc1ccc(C(F)(F)F)cc1F. The summed E-state index contributed by atoms with van der Waals surface area (Å²) in [4.78, 5) is 0. The molecule has 3 rings (SSSR count). The lowest BCUT2D eigenvalue weighted by atomic mass is 9.93. The Morgan fingerprint density at radius 1 is 0.973 bits per heavy atom. The number of aryl methyl sites for hydroxylation is 1. The number of rotatable bonds is 8. The third-order valence-electron chi connectivity index (χ3n) is 5.16. The van der Waals surface area contributed by atoms with Crippen molar-refractivity contribution in [1.29, 1.82) is 0 Å². The Kier molecular flexibility index (Phi) is 7.66. The van der Waals surface area contributed by atoms with Crippen LogP contribution in [0.15, 0.2) is 48.5 Å². The molecule has 1 heterocycles. The van der Waals surface area contributed by atoms with Crippen LogP contribution in [0.2, 0.25) is 0 Å². The lowest BCUT2D eigenvalue weighted by Crippen LogP contribution is -2.44. The molecule has 0 fully saturated rings. The van der Waals surface area contributed by atoms with Crippen molar-refractivity contribution >= 4 is 10.0 Å². The highest BCUT2D eigenvalue weighted by Crippen LogP contribution is 2.35. The molecule has 0 aliphatic heterocycles. The summed E-state index contributed by atoms with van der Waals surface area (Å²) in [6.07, 6.45) is -9.64. The van der Waals surface area contributed by atoms with Crippen molar-refractivity contribution < 1.29 is 43.9 Å². The van der Waals surface area contributed by atoms with E-state index in [4.69, 9.17) is 4.74 Å². The highest BCUT2D eigenvalue weighted by molar-refractivity contribution is 7.89. The molecule has 0 saturated carbocycles. The summed E-state index contributed by atoms with van der Waals surface area (Å²) in [5.74, 6) is -3.70. The van der Waals surface area contributed by atoms with Crippen molar-refractivity contribution in [3.63, 3.8) is 0 Å². The number of nitrogens with one attached hydrogen (secondary N) is 1. The molecule has 14 heteroatoms. The lowest BCUT2D eigenvalue weighted by Gasteiger charge is -2.27. The number of aromatic nitrogens is 2. The number of ether oxygens (including phenoxy) is 1. The number of hydrogen-bond acceptors (Lipinski definition) is 4. The first kappa shape index (κ1) is 28.4. The summed E-state index contributed by atoms with van der Waals surface area (Å²) in [5.41, 5.74) is -1.54. The molecule has 0 amide bonds. The molecule has 0 atom stereocenters. The summed E-state index contributed by atoms with van der Waals surface area (Å²) in [6.45, 7) is 4.74. The number of benzene rings is 2. The fraction of sp³-hybridized carbons (Fsp3) is 0.348. The van der Waals surface area contributed by atoms with Crippen LogP contribution in [-0.2, 0) is 28.3 Å². The third-order valence-corrected chi connectivity index (χ3v) is 6.69. The Bertz CT molecular complexity index is 1380. The Balaban J connectivity index is 1.90. The van der Waals surface area contributed by atoms with Gasteiger partial charge in [0.1, 0.15) is 0 Å². The molecule has 0 spiro atoms. The monoisotopic (exact) mass is 553 g/mol. The fourth-order valence-electron chi connectivity index (χ4n) is 3.49. The van der Waals surface area contributed by atoms with Gasteiger partial charge in [0.05, 0.1) is 16.8 Å². The molecule has 0 saturated heterocycles. The number of alkyl halides is 6. The van der Waals surface area contributed by atoms with Gasteiger partial charge in [0.25, 0.3) is 0 Å². The second kappa shape index (κ2) is 9.97. The molecule has 0 aliphatic rings. The molecular weight excluding hydrogens is 531 g/mol. The lowest BCUT2D eigenvalue weighted by molar-refractivity contribution is -0.137. The van der Waals surface area contributed by atoms with Gasteiger partial charge in [-0.25, -0.2) is 22.2 Å². The average molecular weight is 554 g/mol. The topological polar surface area (TPSA) is 73.2 Å². The maximum absolute atomic E-state index is 14.3. The van der Waals surface area contributed by atoms with Gasteiger partial charge in [-0.2, -0.15) is 31.4 Å². The normalized spacial score (nSPS) is 13.1. The van der Waals surface area contributed by atoms with E-state index in [-0.39, 0.29) is 12.4 Å². The second-order valence-electron chi connectivity index (χ2n) is 8.61. The van der Waals surface area contributed by atoms with E-state index in [2.05, 4.69) is 5.10 Å². The van der Waals surface area contributed by atoms with E-state index in [1.165, 1.54) is 36.7 Å². The Morgan fingerprint density at radius 2 is 1.65 bits per heavy atom. The van der Waals surface area contributed by atoms with Gasteiger partial charge in [-0.05, 0) is 50.6 Å². The average Bonchev–Trinajstić information content (AvgIpc) is 3.15. The van der Waals surface area contributed by atoms with Crippen LogP contribution in [0, 0.1) is 5.82 Å². The van der Waals surface area contributed by atoms with Gasteiger partial charge in [0, 0.05) is 18.2 Å². The zero-order valence-corrected chi connectivity index (χ0v) is 20.5. The first-order valence-electron chi connectivity index (χ1n) is 10.7. The first-order valence-corrected chi connectivity index (χ1v) is 12.4. The van der Waals surface area contributed by atoms with Crippen LogP contribution in [0.25, 0.3) is 11.3 Å². The zero-order valence-electron chi connectivity index (χ0n) is 19.7. The summed E-state index contributed by atoms with van der Waals surface area (Å²) >= 11 is 0. The predicted molar refractivity (Wildman–Crippen MR) is 121 cm³/mol. The third kappa shape index (κ3) is 7.22. The summed E-state index contributed by atoms with van der Waals surface area (Å²) in [5, 5.41) is 4.33. The zero-order chi connectivity index (χ0) is 27.8. The minimum absolute atomic E-state index is 0.0201. The van der Waals surface area contributed by atoms with E-state index in [9.17, 15) is 39.2 Å². The van der Waals surface area contributed by atoms with E-state index < -0.39 is 50.8 Å². The van der Waals surface area contributed by atoms with Crippen molar-refractivity contribution in [3.05, 3.63) is 65.5 Å². The van der Waals surface area contributed by atoms with E-state index in [0.717, 1.165) is 6.07 Å². The standard InChI is InChI=1S/C23H22F7N3O3S/c1-4-33-20(36-19-9-8-16(11-17(19)24)23(28,29)30)12-18(31-33)14-6-5-7-15(10-14)21(2,3)32-37(34,35)13-22(25,26)27/h5-12,32H,4,13H2,1-3H3. The predicted octanol–water partition coefficient (Wildman–Crippen LogP) is 6.24. The van der Waals surface area contributed by atoms with Crippen molar-refractivity contribution in [3.8, 4) is 22.9 Å². The van der Waals surface area contributed by atoms with Crippen LogP contribution >= 0.6 is 0 Å². The highest BCUT2D eigenvalue weighted by atomic mass is 32.2. The molecule has 202 valence electrons. The van der Waals surface area contributed by atoms with E-state index in [1.54, 1.807) is 19.1 Å². The first-order chi connectivity index (χ1) is 16.9. The summed E-state index contributed by atoms with van der Waals surface area (Å²) < 4.78 is 123. The summed E-state index contributed by atoms with van der Waals surface area (Å²) in [7, 11) is -4.70. The molecule has 3 aromatic rings. The van der Waals surface area contributed by atoms with Crippen LogP contribution in [-0.4, -0.2) is 30.1 Å². The van der Waals surface area contributed by atoms with Gasteiger partial charge in [-0.3, -0.25) is 0 Å². The van der Waals surface area contributed by atoms with E-state index in [1.807, 2.05) is 4.72 Å². The number of nitrogens with zero attached hydrogens (tertiary/aromatic N) is 2. The van der Waals surface area contributed by atoms with Gasteiger partial charge < -0.3 is 4.74 Å². The van der Waals surface area contributed by atoms with Crippen LogP contribution in [0.3, 0.4) is 0 Å². The van der Waals surface area contributed by atoms with Crippen molar-refractivity contribution in [2.75, 3.05) is 5.75 Å². The molecule has 0 aliphatic carbocycles. The van der Waals surface area contributed by atoms with Gasteiger partial charge >= 0.3 is 12.4 Å². The van der Waals surface area contributed by atoms with Gasteiger partial charge in [0.2, 0.25) is 15.9 Å². The van der Waals surface area contributed by atoms with Crippen LogP contribution < -0.4 is 9.46 Å². The molecule has 0 radical (unpaired) electrons. The van der Waals surface area contributed by atoms with Crippen molar-refractivity contribution in [2.24, 2.45) is 0 Å². The van der Waals surface area contributed by atoms with E-state index >= 15 is 0 Å². The molecule has 6 nitrogen and oxygen atoms in total. The van der Waals surface area contributed by atoms with Gasteiger partial charge in [0.15, 0.2) is 17.3 Å². The molecule has 2 aromatic carbocycles. The largest absolute Gasteiger partial charge is 0.436 e. The number of hydrogen-bond donors (Lipinski definition) is 1. The van der Waals surface area contributed by atoms with Gasteiger partial charge in [-0.15, -0.1) is 0 Å². The second-order valence-corrected chi connectivity index (χ2v) is 10.3. The maximum atomic E-state index is 14.3. The molecule has 1 aromatic heterocycles. The van der Waals surface area contributed by atoms with E-state index in [0.29, 0.717) is 29.0 Å². The number of halogens is 7. The smallest absolute Gasteiger partial charge is 0.416 e. The van der Waals surface area contributed by atoms with Crippen LogP contribution in [0.1, 0.15) is 31.9 Å². The van der Waals surface area contributed by atoms with Crippen LogP contribution in [0.5, 0.6) is 11.6 Å². The summed E-state index contributed by atoms with van der Waals surface area (Å²) in [6, 6.07) is 9.43. The Hall–Kier alpha value is -3.13. The quantitative estimate of drug-likeness (QED) is 0.336. The Labute approximate surface area is 208 Å². The minimum Gasteiger partial charge on any atom is -0.436 e. The van der Waals surface area contributed by atoms with Crippen molar-refractivity contribution in [2.45, 2.75) is 45.2 Å². The molecule has 1 N–H and O–H groups in total. The van der Waals surface area contributed by atoms with Crippen molar-refractivity contribution in [1.82, 2.24) is 14.5 Å². The Morgan fingerprint density at radius 3 is 2.22 bits per heavy atom. The number of sulfonamides is 1. The molecule has 37 heavy (non-hydrogen) atoms. The molecular formula is C23H22F7N3O3S. The van der Waals surface area contributed by atoms with Crippen LogP contribution in [0.4, 0.5) is 30.7 Å². The maximum Gasteiger partial charge on any atom is 0.416 e. The fourth-order valence-corrected chi connectivity index (χ4v) is 4.89. The van der Waals surface area contributed by atoms with Gasteiger partial charge in [-0.1, -0.05) is 18.2 Å². The highest BCUT2D eigenvalue weighted by Gasteiger charge is 2.38. The minimum atomic E-state index is -4.92. The molecule has 0 bridgehead atoms. The molecule has 0 unspecified atom stereocenters.